The summed E-state index contributed by atoms with van der Waals surface area (Å²) in [6, 6.07) is 0. The molecule has 0 nitrogen and oxygen atoms in total. The third-order valence-electron chi connectivity index (χ3n) is 4.12. The number of hydrogen-bond acceptors (Lipinski definition) is 0. The van der Waals surface area contributed by atoms with Gasteiger partial charge in [0.05, 0.1) is 0 Å². The van der Waals surface area contributed by atoms with Gasteiger partial charge in [0.15, 0.2) is 0 Å². The average molecular weight is 206 g/mol. The monoisotopic (exact) mass is 206 g/mol. The summed E-state index contributed by atoms with van der Waals surface area (Å²) in [6.45, 7) is 14.5. The van der Waals surface area contributed by atoms with Gasteiger partial charge in [0.25, 0.3) is 0 Å². The Balaban J connectivity index is 0.00000169. The summed E-state index contributed by atoms with van der Waals surface area (Å²) in [6.07, 6.45) is 1.47. The topological polar surface area (TPSA) is 0 Å². The third kappa shape index (κ3) is 3.01. The zero-order chi connectivity index (χ0) is 10.2. The van der Waals surface area contributed by atoms with Gasteiger partial charge >= 0.3 is 18.9 Å². The first-order valence-electron chi connectivity index (χ1n) is 5.43. The average Bonchev–Trinajstić information content (AvgIpc) is 2.22. The minimum Gasteiger partial charge on any atom is -0.311 e. The van der Waals surface area contributed by atoms with Crippen LogP contribution in [0.25, 0.3) is 0 Å². The molecule has 0 aliphatic heterocycles. The molecule has 78 valence electrons. The molecule has 4 unspecified atom stereocenters. The Morgan fingerprint density at radius 1 is 1.07 bits per heavy atom. The van der Waals surface area contributed by atoms with E-state index in [9.17, 15) is 0 Å². The van der Waals surface area contributed by atoms with Gasteiger partial charge in [0.1, 0.15) is 0 Å². The van der Waals surface area contributed by atoms with Crippen molar-refractivity contribution in [2.24, 2.45) is 23.7 Å². The fourth-order valence-electron chi connectivity index (χ4n) is 2.74. The van der Waals surface area contributed by atoms with Crippen LogP contribution in [-0.4, -0.2) is 19.5 Å². The van der Waals surface area contributed by atoms with Crippen molar-refractivity contribution in [2.45, 2.75) is 27.7 Å². The van der Waals surface area contributed by atoms with Gasteiger partial charge < -0.3 is 5.92 Å². The molecule has 1 rings (SSSR count). The van der Waals surface area contributed by atoms with Gasteiger partial charge in [-0.15, -0.1) is 7.92 Å². The first-order chi connectivity index (χ1) is 5.95. The van der Waals surface area contributed by atoms with Crippen molar-refractivity contribution in [3.05, 3.63) is 5.92 Å². The summed E-state index contributed by atoms with van der Waals surface area (Å²) in [7, 11) is 0.284. The predicted molar refractivity (Wildman–Crippen MR) is 63.5 cm³/mol. The van der Waals surface area contributed by atoms with Crippen LogP contribution in [0, 0.1) is 29.6 Å². The van der Waals surface area contributed by atoms with E-state index in [0.717, 1.165) is 23.7 Å². The SMILES string of the molecule is C[C-]1C(C)C(C)C(CP(C)C)C1C.[Li+]. The molecule has 0 aromatic rings. The molecule has 14 heavy (non-hydrogen) atoms. The van der Waals surface area contributed by atoms with E-state index in [1.54, 1.807) is 5.92 Å². The summed E-state index contributed by atoms with van der Waals surface area (Å²) in [5.41, 5.74) is 0. The van der Waals surface area contributed by atoms with E-state index in [-0.39, 0.29) is 26.8 Å². The zero-order valence-electron chi connectivity index (χ0n) is 11.0. The third-order valence-corrected chi connectivity index (χ3v) is 5.27. The van der Waals surface area contributed by atoms with E-state index >= 15 is 0 Å². The minimum atomic E-state index is 0. The number of rotatable bonds is 2. The van der Waals surface area contributed by atoms with Crippen LogP contribution in [0.15, 0.2) is 0 Å². The maximum absolute atomic E-state index is 2.45. The van der Waals surface area contributed by atoms with Gasteiger partial charge in [-0.1, -0.05) is 32.6 Å². The maximum Gasteiger partial charge on any atom is 1.00 e. The molecule has 0 heterocycles. The summed E-state index contributed by atoms with van der Waals surface area (Å²) in [4.78, 5) is 0. The molecule has 2 heteroatoms. The van der Waals surface area contributed by atoms with Crippen LogP contribution < -0.4 is 18.9 Å². The molecule has 1 saturated carbocycles. The van der Waals surface area contributed by atoms with Crippen LogP contribution in [0.3, 0.4) is 0 Å². The van der Waals surface area contributed by atoms with E-state index < -0.39 is 0 Å². The molecule has 1 aliphatic carbocycles. The molecule has 0 aromatic heterocycles. The molecular formula is C12H24LiP. The van der Waals surface area contributed by atoms with Crippen molar-refractivity contribution < 1.29 is 18.9 Å². The second-order valence-electron chi connectivity index (χ2n) is 5.11. The zero-order valence-corrected chi connectivity index (χ0v) is 11.9. The van der Waals surface area contributed by atoms with Crippen molar-refractivity contribution in [2.75, 3.05) is 19.5 Å². The Bertz CT molecular complexity index is 156. The quantitative estimate of drug-likeness (QED) is 0.357. The molecule has 0 aromatic carbocycles. The minimum absolute atomic E-state index is 0. The summed E-state index contributed by atoms with van der Waals surface area (Å²) in [5.74, 6) is 5.36. The van der Waals surface area contributed by atoms with Gasteiger partial charge in [0.2, 0.25) is 0 Å². The van der Waals surface area contributed by atoms with E-state index in [1.165, 1.54) is 6.16 Å². The molecule has 4 atom stereocenters. The van der Waals surface area contributed by atoms with Crippen LogP contribution in [-0.2, 0) is 0 Å². The Labute approximate surface area is 104 Å². The van der Waals surface area contributed by atoms with Crippen molar-refractivity contribution in [1.29, 1.82) is 0 Å². The molecule has 1 fully saturated rings. The summed E-state index contributed by atoms with van der Waals surface area (Å²) >= 11 is 0. The maximum atomic E-state index is 2.45. The fraction of sp³-hybridized carbons (Fsp3) is 0.917. The first-order valence-corrected chi connectivity index (χ1v) is 7.85. The van der Waals surface area contributed by atoms with Gasteiger partial charge in [-0.2, -0.15) is 18.8 Å². The van der Waals surface area contributed by atoms with Crippen molar-refractivity contribution >= 4 is 7.92 Å². The van der Waals surface area contributed by atoms with Crippen molar-refractivity contribution in [1.82, 2.24) is 0 Å². The molecule has 0 amide bonds. The molecule has 0 saturated heterocycles. The van der Waals surface area contributed by atoms with Crippen LogP contribution >= 0.6 is 7.92 Å². The van der Waals surface area contributed by atoms with Gasteiger partial charge in [0, 0.05) is 0 Å². The van der Waals surface area contributed by atoms with E-state index in [0.29, 0.717) is 0 Å². The van der Waals surface area contributed by atoms with Gasteiger partial charge in [-0.3, -0.25) is 0 Å². The Morgan fingerprint density at radius 3 is 1.86 bits per heavy atom. The van der Waals surface area contributed by atoms with Crippen LogP contribution in [0.1, 0.15) is 27.7 Å². The van der Waals surface area contributed by atoms with Crippen LogP contribution in [0.2, 0.25) is 0 Å². The Hall–Kier alpha value is 1.03. The largest absolute Gasteiger partial charge is 1.00 e. The predicted octanol–water partition coefficient (Wildman–Crippen LogP) is 0.864. The Kier molecular flexibility index (Phi) is 6.37. The van der Waals surface area contributed by atoms with E-state index in [2.05, 4.69) is 41.0 Å². The first kappa shape index (κ1) is 15.0. The summed E-state index contributed by atoms with van der Waals surface area (Å²) in [5, 5.41) is 0. The molecule has 0 N–H and O–H groups in total. The molecule has 0 radical (unpaired) electrons. The summed E-state index contributed by atoms with van der Waals surface area (Å²) < 4.78 is 0. The molecule has 1 aliphatic rings. The number of hydrogen-bond donors (Lipinski definition) is 0. The second kappa shape index (κ2) is 5.94. The molecule has 0 bridgehead atoms. The van der Waals surface area contributed by atoms with Crippen LogP contribution in [0.4, 0.5) is 0 Å². The van der Waals surface area contributed by atoms with Gasteiger partial charge in [-0.25, -0.2) is 0 Å². The van der Waals surface area contributed by atoms with Gasteiger partial charge in [-0.05, 0) is 19.5 Å². The van der Waals surface area contributed by atoms with E-state index in [1.807, 2.05) is 0 Å². The van der Waals surface area contributed by atoms with Crippen LogP contribution in [0.5, 0.6) is 0 Å². The fourth-order valence-corrected chi connectivity index (χ4v) is 4.23. The normalized spacial score (nSPS) is 38.8. The molecule has 0 spiro atoms. The smallest absolute Gasteiger partial charge is 0.311 e. The Morgan fingerprint density at radius 2 is 1.57 bits per heavy atom. The standard InChI is InChI=1S/C12H24P.Li/c1-8-9(2)11(4)12(10(8)3)7-13(5)6;/h8,10-12H,7H2,1-6H3;/q-1;+1. The second-order valence-corrected chi connectivity index (χ2v) is 7.63. The van der Waals surface area contributed by atoms with Crippen molar-refractivity contribution in [3.63, 3.8) is 0 Å². The van der Waals surface area contributed by atoms with E-state index in [4.69, 9.17) is 0 Å². The molecular weight excluding hydrogens is 182 g/mol. The van der Waals surface area contributed by atoms with Crippen molar-refractivity contribution in [3.8, 4) is 0 Å².